The molecule has 160 valence electrons. The molecule has 0 spiro atoms. The highest BCUT2D eigenvalue weighted by Crippen LogP contribution is 2.16. The maximum absolute atomic E-state index is 13.1. The van der Waals surface area contributed by atoms with E-state index >= 15 is 0 Å². The minimum absolute atomic E-state index is 0.185. The molecule has 1 heterocycles. The second-order valence-corrected chi connectivity index (χ2v) is 7.33. The number of carbonyl (C=O) groups excluding carboxylic acids is 2. The lowest BCUT2D eigenvalue weighted by molar-refractivity contribution is 0.0784. The van der Waals surface area contributed by atoms with E-state index < -0.39 is 5.82 Å². The molecule has 0 aliphatic rings. The highest BCUT2D eigenvalue weighted by molar-refractivity contribution is 6.05. The van der Waals surface area contributed by atoms with Crippen LogP contribution in [0.4, 0.5) is 10.1 Å². The van der Waals surface area contributed by atoms with Crippen molar-refractivity contribution in [3.8, 4) is 5.69 Å². The lowest BCUT2D eigenvalue weighted by atomic mass is 10.1. The summed E-state index contributed by atoms with van der Waals surface area (Å²) in [5.74, 6) is -0.974. The zero-order chi connectivity index (χ0) is 22.5. The van der Waals surface area contributed by atoms with Crippen molar-refractivity contribution < 1.29 is 14.0 Å². The molecule has 7 heteroatoms. The lowest BCUT2D eigenvalue weighted by Gasteiger charge is -2.17. The van der Waals surface area contributed by atoms with Gasteiger partial charge in [-0.2, -0.15) is 5.10 Å². The number of rotatable bonds is 6. The minimum Gasteiger partial charge on any atom is -0.337 e. The van der Waals surface area contributed by atoms with Gasteiger partial charge in [0.1, 0.15) is 5.82 Å². The van der Waals surface area contributed by atoms with Gasteiger partial charge in [-0.3, -0.25) is 9.59 Å². The molecule has 3 aromatic carbocycles. The third-order valence-corrected chi connectivity index (χ3v) is 4.90. The summed E-state index contributed by atoms with van der Waals surface area (Å²) in [6, 6.07) is 21.7. The van der Waals surface area contributed by atoms with E-state index in [1.165, 1.54) is 24.3 Å². The van der Waals surface area contributed by atoms with Gasteiger partial charge in [0.25, 0.3) is 11.8 Å². The summed E-state index contributed by atoms with van der Waals surface area (Å²) in [5.41, 5.74) is 3.09. The summed E-state index contributed by atoms with van der Waals surface area (Å²) in [6.45, 7) is 0.387. The van der Waals surface area contributed by atoms with Crippen molar-refractivity contribution in [2.24, 2.45) is 0 Å². The quantitative estimate of drug-likeness (QED) is 0.490. The molecule has 0 aliphatic heterocycles. The van der Waals surface area contributed by atoms with Crippen molar-refractivity contribution in [3.05, 3.63) is 114 Å². The molecule has 1 N–H and O–H groups in total. The van der Waals surface area contributed by atoms with Gasteiger partial charge >= 0.3 is 0 Å². The molecule has 0 radical (unpaired) electrons. The van der Waals surface area contributed by atoms with Crippen molar-refractivity contribution in [1.29, 1.82) is 0 Å². The van der Waals surface area contributed by atoms with Crippen LogP contribution in [0.25, 0.3) is 5.69 Å². The van der Waals surface area contributed by atoms with Gasteiger partial charge in [-0.1, -0.05) is 24.3 Å². The first-order valence-corrected chi connectivity index (χ1v) is 10.0. The molecule has 0 unspecified atom stereocenters. The molecule has 32 heavy (non-hydrogen) atoms. The predicted molar refractivity (Wildman–Crippen MR) is 120 cm³/mol. The van der Waals surface area contributed by atoms with Crippen LogP contribution in [0.3, 0.4) is 0 Å². The summed E-state index contributed by atoms with van der Waals surface area (Å²) in [5, 5.41) is 7.10. The average Bonchev–Trinajstić information content (AvgIpc) is 3.28. The standard InChI is InChI=1S/C25H21FN4O2/c1-29(16-18-15-27-30(17-18)23-8-3-2-4-9-23)25(32)20-6-5-7-22(14-20)28-24(31)19-10-12-21(26)13-11-19/h2-15,17H,16H2,1H3,(H,28,31). The van der Waals surface area contributed by atoms with Gasteiger partial charge in [-0.15, -0.1) is 0 Å². The fraction of sp³-hybridized carbons (Fsp3) is 0.0800. The number of halogens is 1. The highest BCUT2D eigenvalue weighted by Gasteiger charge is 2.15. The molecular weight excluding hydrogens is 407 g/mol. The monoisotopic (exact) mass is 428 g/mol. The van der Waals surface area contributed by atoms with E-state index in [-0.39, 0.29) is 11.8 Å². The zero-order valence-corrected chi connectivity index (χ0v) is 17.4. The largest absolute Gasteiger partial charge is 0.337 e. The van der Waals surface area contributed by atoms with Crippen LogP contribution in [0, 0.1) is 5.82 Å². The summed E-state index contributed by atoms with van der Waals surface area (Å²) in [6.07, 6.45) is 3.62. The Morgan fingerprint density at radius 3 is 2.47 bits per heavy atom. The SMILES string of the molecule is CN(Cc1cnn(-c2ccccc2)c1)C(=O)c1cccc(NC(=O)c2ccc(F)cc2)c1. The Hall–Kier alpha value is -4.26. The summed E-state index contributed by atoms with van der Waals surface area (Å²) in [7, 11) is 1.71. The number of benzene rings is 3. The molecule has 0 saturated carbocycles. The number of nitrogens with zero attached hydrogens (tertiary/aromatic N) is 3. The van der Waals surface area contributed by atoms with E-state index in [9.17, 15) is 14.0 Å². The van der Waals surface area contributed by atoms with Crippen LogP contribution < -0.4 is 5.32 Å². The number of amides is 2. The summed E-state index contributed by atoms with van der Waals surface area (Å²) < 4.78 is 14.8. The first-order chi connectivity index (χ1) is 15.5. The first kappa shape index (κ1) is 21.0. The van der Waals surface area contributed by atoms with Crippen molar-refractivity contribution in [1.82, 2.24) is 14.7 Å². The molecule has 2 amide bonds. The molecule has 0 bridgehead atoms. The van der Waals surface area contributed by atoms with Gasteiger partial charge in [0.15, 0.2) is 0 Å². The van der Waals surface area contributed by atoms with Gasteiger partial charge in [-0.25, -0.2) is 9.07 Å². The van der Waals surface area contributed by atoms with Gasteiger partial charge in [0.05, 0.1) is 11.9 Å². The Labute approximate surface area is 184 Å². The van der Waals surface area contributed by atoms with Crippen molar-refractivity contribution in [2.45, 2.75) is 6.54 Å². The first-order valence-electron chi connectivity index (χ1n) is 10.0. The summed E-state index contributed by atoms with van der Waals surface area (Å²) >= 11 is 0. The Balaban J connectivity index is 1.42. The van der Waals surface area contributed by atoms with E-state index in [2.05, 4.69) is 10.4 Å². The van der Waals surface area contributed by atoms with Crippen molar-refractivity contribution in [2.75, 3.05) is 12.4 Å². The Kier molecular flexibility index (Phi) is 6.07. The van der Waals surface area contributed by atoms with Crippen LogP contribution in [0.2, 0.25) is 0 Å². The van der Waals surface area contributed by atoms with E-state index in [0.29, 0.717) is 23.4 Å². The van der Waals surface area contributed by atoms with E-state index in [0.717, 1.165) is 11.3 Å². The number of hydrogen-bond acceptors (Lipinski definition) is 3. The molecule has 0 aliphatic carbocycles. The number of hydrogen-bond donors (Lipinski definition) is 1. The number of nitrogens with one attached hydrogen (secondary N) is 1. The third-order valence-electron chi connectivity index (χ3n) is 4.90. The molecular formula is C25H21FN4O2. The maximum Gasteiger partial charge on any atom is 0.255 e. The Morgan fingerprint density at radius 2 is 1.72 bits per heavy atom. The fourth-order valence-electron chi connectivity index (χ4n) is 3.26. The normalized spacial score (nSPS) is 10.6. The minimum atomic E-state index is -0.411. The molecule has 6 nitrogen and oxygen atoms in total. The van der Waals surface area contributed by atoms with Crippen LogP contribution in [0.5, 0.6) is 0 Å². The second-order valence-electron chi connectivity index (χ2n) is 7.33. The van der Waals surface area contributed by atoms with Crippen LogP contribution in [-0.2, 0) is 6.54 Å². The second kappa shape index (κ2) is 9.26. The fourth-order valence-corrected chi connectivity index (χ4v) is 3.26. The molecule has 4 aromatic rings. The number of carbonyl (C=O) groups is 2. The third kappa shape index (κ3) is 4.89. The molecule has 4 rings (SSSR count). The van der Waals surface area contributed by atoms with Crippen LogP contribution in [0.15, 0.2) is 91.3 Å². The number of aromatic nitrogens is 2. The van der Waals surface area contributed by atoms with Crippen molar-refractivity contribution >= 4 is 17.5 Å². The average molecular weight is 428 g/mol. The predicted octanol–water partition coefficient (Wildman–Crippen LogP) is 4.54. The maximum atomic E-state index is 13.1. The van der Waals surface area contributed by atoms with Gasteiger partial charge in [0.2, 0.25) is 0 Å². The summed E-state index contributed by atoms with van der Waals surface area (Å²) in [4.78, 5) is 26.9. The highest BCUT2D eigenvalue weighted by atomic mass is 19.1. The van der Waals surface area contributed by atoms with Gasteiger partial charge in [0, 0.05) is 42.2 Å². The number of para-hydroxylation sites is 1. The molecule has 0 fully saturated rings. The molecule has 1 aromatic heterocycles. The van der Waals surface area contributed by atoms with Crippen LogP contribution in [0.1, 0.15) is 26.3 Å². The van der Waals surface area contributed by atoms with E-state index in [4.69, 9.17) is 0 Å². The van der Waals surface area contributed by atoms with Gasteiger partial charge in [-0.05, 0) is 54.6 Å². The van der Waals surface area contributed by atoms with Crippen LogP contribution in [-0.4, -0.2) is 33.5 Å². The lowest BCUT2D eigenvalue weighted by Crippen LogP contribution is -2.26. The van der Waals surface area contributed by atoms with Gasteiger partial charge < -0.3 is 10.2 Å². The van der Waals surface area contributed by atoms with Crippen LogP contribution >= 0.6 is 0 Å². The molecule has 0 atom stereocenters. The Morgan fingerprint density at radius 1 is 0.969 bits per heavy atom. The van der Waals surface area contributed by atoms with E-state index in [1.54, 1.807) is 47.1 Å². The zero-order valence-electron chi connectivity index (χ0n) is 17.4. The topological polar surface area (TPSA) is 67.2 Å². The number of anilines is 1. The molecule has 0 saturated heterocycles. The van der Waals surface area contributed by atoms with Crippen molar-refractivity contribution in [3.63, 3.8) is 0 Å². The smallest absolute Gasteiger partial charge is 0.255 e. The Bertz CT molecular complexity index is 1240. The van der Waals surface area contributed by atoms with E-state index in [1.807, 2.05) is 36.5 Å².